The van der Waals surface area contributed by atoms with Gasteiger partial charge in [-0.25, -0.2) is 4.79 Å². The number of carbonyl (C=O) groups excluding carboxylic acids is 2. The van der Waals surface area contributed by atoms with Gasteiger partial charge in [-0.1, -0.05) is 65.0 Å². The lowest BCUT2D eigenvalue weighted by Crippen LogP contribution is -2.66. The maximum absolute atomic E-state index is 14.4. The maximum Gasteiger partial charge on any atom is 0.338 e. The molecule has 4 fully saturated rings. The van der Waals surface area contributed by atoms with Crippen LogP contribution in [0.1, 0.15) is 136 Å². The minimum absolute atomic E-state index is 0.00106. The number of hydrogen-bond acceptors (Lipinski definition) is 5. The summed E-state index contributed by atoms with van der Waals surface area (Å²) in [5.41, 5.74) is 4.25. The molecule has 0 aliphatic heterocycles. The first-order chi connectivity index (χ1) is 24.2. The van der Waals surface area contributed by atoms with Crippen LogP contribution in [0.25, 0.3) is 5.57 Å². The molecule has 0 radical (unpaired) electrons. The molecular formula is C46H70N2O4. The lowest BCUT2D eigenvalue weighted by atomic mass is 9.32. The summed E-state index contributed by atoms with van der Waals surface area (Å²) in [6.45, 7) is 27.5. The van der Waals surface area contributed by atoms with Gasteiger partial charge < -0.3 is 20.1 Å². The van der Waals surface area contributed by atoms with Gasteiger partial charge in [-0.2, -0.15) is 0 Å². The largest absolute Gasteiger partial charge is 0.456 e. The zero-order valence-electron chi connectivity index (χ0n) is 34.3. The van der Waals surface area contributed by atoms with E-state index in [1.807, 2.05) is 40.0 Å². The number of nitrogens with one attached hydrogen (secondary N) is 1. The van der Waals surface area contributed by atoms with Crippen molar-refractivity contribution in [3.05, 3.63) is 53.6 Å². The first kappa shape index (κ1) is 39.3. The molecule has 4 saturated carbocycles. The van der Waals surface area contributed by atoms with Gasteiger partial charge in [-0.3, -0.25) is 4.79 Å². The van der Waals surface area contributed by atoms with E-state index in [1.54, 1.807) is 0 Å². The number of likely N-dealkylation sites (N-methyl/N-ethyl adjacent to an activating group) is 1. The van der Waals surface area contributed by atoms with Gasteiger partial charge in [0, 0.05) is 19.6 Å². The van der Waals surface area contributed by atoms with Crippen LogP contribution >= 0.6 is 0 Å². The van der Waals surface area contributed by atoms with E-state index in [4.69, 9.17) is 4.74 Å². The zero-order valence-corrected chi connectivity index (χ0v) is 34.3. The second-order valence-corrected chi connectivity index (χ2v) is 20.2. The number of aliphatic hydroxyl groups is 1. The molecule has 0 bridgehead atoms. The van der Waals surface area contributed by atoms with Crippen LogP contribution in [0.4, 0.5) is 0 Å². The fourth-order valence-corrected chi connectivity index (χ4v) is 13.6. The molecule has 288 valence electrons. The van der Waals surface area contributed by atoms with Crippen LogP contribution in [0, 0.1) is 56.7 Å². The summed E-state index contributed by atoms with van der Waals surface area (Å²) < 4.78 is 5.64. The van der Waals surface area contributed by atoms with Crippen LogP contribution in [0.3, 0.4) is 0 Å². The van der Waals surface area contributed by atoms with E-state index in [1.165, 1.54) is 42.4 Å². The minimum atomic E-state index is -0.517. The van der Waals surface area contributed by atoms with Crippen LogP contribution < -0.4 is 5.32 Å². The lowest BCUT2D eigenvalue weighted by Gasteiger charge is -2.72. The van der Waals surface area contributed by atoms with Crippen molar-refractivity contribution in [2.75, 3.05) is 33.3 Å². The summed E-state index contributed by atoms with van der Waals surface area (Å²) in [6, 6.07) is 8.14. The van der Waals surface area contributed by atoms with Gasteiger partial charge >= 0.3 is 5.97 Å². The molecule has 5 aliphatic rings. The number of carbonyl (C=O) groups is 2. The van der Waals surface area contributed by atoms with E-state index >= 15 is 0 Å². The number of aliphatic hydroxyl groups excluding tert-OH is 1. The number of rotatable bonds is 9. The SMILES string of the molecule is C=C(C)[C@@H]1CC[C@]2(C(=O)NCCN(C)CCO)CC[C@]3(C)C(CC[C@@H]4[C@@]5(C)CC=C(c6ccc(C(=O)OC(C)(C)C)cc6)C(C)(C)[C@@H]5CC[C@]43C)[C@@H]12. The molecular weight excluding hydrogens is 645 g/mol. The van der Waals surface area contributed by atoms with Crippen molar-refractivity contribution in [1.29, 1.82) is 0 Å². The number of hydrogen-bond donors (Lipinski definition) is 2. The molecule has 1 amide bonds. The van der Waals surface area contributed by atoms with Gasteiger partial charge in [0.05, 0.1) is 17.6 Å². The first-order valence-corrected chi connectivity index (χ1v) is 20.5. The smallest absolute Gasteiger partial charge is 0.338 e. The molecule has 0 aromatic heterocycles. The predicted octanol–water partition coefficient (Wildman–Crippen LogP) is 9.33. The number of ether oxygens (including phenoxy) is 1. The van der Waals surface area contributed by atoms with Crippen LogP contribution in [0.5, 0.6) is 0 Å². The number of esters is 1. The molecule has 1 aromatic carbocycles. The van der Waals surface area contributed by atoms with Gasteiger partial charge in [0.25, 0.3) is 0 Å². The van der Waals surface area contributed by atoms with E-state index in [0.717, 1.165) is 38.6 Å². The molecule has 6 heteroatoms. The Hall–Kier alpha value is -2.44. The average molecular weight is 715 g/mol. The molecule has 2 N–H and O–H groups in total. The Bertz CT molecular complexity index is 1570. The molecule has 6 rings (SSSR count). The summed E-state index contributed by atoms with van der Waals surface area (Å²) >= 11 is 0. The molecule has 0 spiro atoms. The molecule has 6 nitrogen and oxygen atoms in total. The number of fused-ring (bicyclic) bond motifs is 7. The Labute approximate surface area is 315 Å². The van der Waals surface area contributed by atoms with E-state index in [-0.39, 0.29) is 45.6 Å². The van der Waals surface area contributed by atoms with Crippen LogP contribution in [0.15, 0.2) is 42.5 Å². The third-order valence-electron chi connectivity index (χ3n) is 16.2. The van der Waals surface area contributed by atoms with E-state index in [0.29, 0.717) is 48.2 Å². The molecule has 0 saturated heterocycles. The van der Waals surface area contributed by atoms with Crippen LogP contribution in [-0.4, -0.2) is 60.8 Å². The fourth-order valence-electron chi connectivity index (χ4n) is 13.6. The Morgan fingerprint density at radius 2 is 1.62 bits per heavy atom. The highest BCUT2D eigenvalue weighted by molar-refractivity contribution is 5.90. The van der Waals surface area contributed by atoms with Gasteiger partial charge in [-0.05, 0) is 167 Å². The van der Waals surface area contributed by atoms with Crippen molar-refractivity contribution >= 4 is 17.4 Å². The molecule has 1 unspecified atom stereocenters. The predicted molar refractivity (Wildman–Crippen MR) is 212 cm³/mol. The Morgan fingerprint density at radius 1 is 0.923 bits per heavy atom. The molecule has 52 heavy (non-hydrogen) atoms. The maximum atomic E-state index is 14.4. The summed E-state index contributed by atoms with van der Waals surface area (Å²) in [5, 5.41) is 12.8. The van der Waals surface area contributed by atoms with E-state index < -0.39 is 5.60 Å². The second kappa shape index (κ2) is 13.7. The standard InChI is InChI=1S/C46H70N2O4/c1-30(2)33-18-23-46(40(51)47-26-27-48(11)28-29-49)25-24-44(9)35(38(33)46)16-17-37-43(8)21-19-34(42(6,7)36(43)20-22-45(37,44)10)31-12-14-32(15-13-31)39(50)52-41(3,4)5/h12-15,19,33,35-38,49H,1,16-18,20-29H2,2-11H3,(H,47,51)/t33-,35?,36-,37+,38+,43-,44+,45+,46-/m0/s1. The number of nitrogens with zero attached hydrogens (tertiary/aromatic N) is 1. The first-order valence-electron chi connectivity index (χ1n) is 20.5. The Morgan fingerprint density at radius 3 is 2.25 bits per heavy atom. The lowest BCUT2D eigenvalue weighted by molar-refractivity contribution is -0.225. The molecule has 0 heterocycles. The average Bonchev–Trinajstić information content (AvgIpc) is 3.46. The van der Waals surface area contributed by atoms with E-state index in [2.05, 4.69) is 76.5 Å². The van der Waals surface area contributed by atoms with Crippen LogP contribution in [-0.2, 0) is 9.53 Å². The molecule has 1 aromatic rings. The zero-order chi connectivity index (χ0) is 38.1. The van der Waals surface area contributed by atoms with Crippen molar-refractivity contribution in [3.63, 3.8) is 0 Å². The monoisotopic (exact) mass is 715 g/mol. The number of amides is 1. The van der Waals surface area contributed by atoms with Crippen molar-refractivity contribution in [1.82, 2.24) is 10.2 Å². The topological polar surface area (TPSA) is 78.9 Å². The summed E-state index contributed by atoms with van der Waals surface area (Å²) in [7, 11) is 2.01. The summed E-state index contributed by atoms with van der Waals surface area (Å²) in [4.78, 5) is 29.2. The van der Waals surface area contributed by atoms with E-state index in [9.17, 15) is 14.7 Å². The minimum Gasteiger partial charge on any atom is -0.456 e. The highest BCUT2D eigenvalue weighted by Crippen LogP contribution is 2.77. The van der Waals surface area contributed by atoms with Gasteiger partial charge in [0.1, 0.15) is 5.60 Å². The van der Waals surface area contributed by atoms with Crippen molar-refractivity contribution < 1.29 is 19.4 Å². The highest BCUT2D eigenvalue weighted by atomic mass is 16.6. The molecule has 5 aliphatic carbocycles. The molecule has 9 atom stereocenters. The van der Waals surface area contributed by atoms with Gasteiger partial charge in [-0.15, -0.1) is 0 Å². The number of allylic oxidation sites excluding steroid dienone is 3. The quantitative estimate of drug-likeness (QED) is 0.197. The second-order valence-electron chi connectivity index (χ2n) is 20.2. The third kappa shape index (κ3) is 6.24. The third-order valence-corrected chi connectivity index (χ3v) is 16.2. The summed E-state index contributed by atoms with van der Waals surface area (Å²) in [5.74, 6) is 2.46. The Kier molecular flexibility index (Phi) is 10.3. The fraction of sp³-hybridized carbons (Fsp3) is 0.739. The van der Waals surface area contributed by atoms with Gasteiger partial charge in [0.15, 0.2) is 0 Å². The van der Waals surface area contributed by atoms with Crippen molar-refractivity contribution in [2.24, 2.45) is 56.7 Å². The van der Waals surface area contributed by atoms with Gasteiger partial charge in [0.2, 0.25) is 5.91 Å². The number of benzene rings is 1. The Balaban J connectivity index is 1.27. The normalized spacial score (nSPS) is 37.9. The van der Waals surface area contributed by atoms with Crippen molar-refractivity contribution in [3.8, 4) is 0 Å². The summed E-state index contributed by atoms with van der Waals surface area (Å²) in [6.07, 6.45) is 12.7. The van der Waals surface area contributed by atoms with Crippen LogP contribution in [0.2, 0.25) is 0 Å². The van der Waals surface area contributed by atoms with Crippen molar-refractivity contribution in [2.45, 2.75) is 126 Å². The highest BCUT2D eigenvalue weighted by Gasteiger charge is 2.71.